The van der Waals surface area contributed by atoms with Crippen molar-refractivity contribution in [2.75, 3.05) is 19.2 Å². The van der Waals surface area contributed by atoms with Gasteiger partial charge in [-0.3, -0.25) is 10.7 Å². The van der Waals surface area contributed by atoms with E-state index in [1.54, 1.807) is 0 Å². The van der Waals surface area contributed by atoms with E-state index in [0.717, 1.165) is 0 Å². The second kappa shape index (κ2) is 6.41. The van der Waals surface area contributed by atoms with E-state index >= 15 is 0 Å². The number of carbonyl (C=O) groups is 2. The molecule has 0 spiro atoms. The van der Waals surface area contributed by atoms with Crippen LogP contribution in [0.2, 0.25) is 0 Å². The Hall–Kier alpha value is -2.34. The van der Waals surface area contributed by atoms with Crippen molar-refractivity contribution in [3.8, 4) is 0 Å². The molecule has 0 aromatic heterocycles. The highest BCUT2D eigenvalue weighted by molar-refractivity contribution is 5.96. The maximum absolute atomic E-state index is 11.6. The standard InChI is InChI=1S/C12H13NO5/c1-3-4-18-12(15)9-5-8(11(14)17-2)6-10(7-9)13-16/h3,5-7,13,16H,1,4H2,2H3. The van der Waals surface area contributed by atoms with E-state index in [1.165, 1.54) is 31.4 Å². The normalized spacial score (nSPS) is 9.44. The maximum Gasteiger partial charge on any atom is 0.338 e. The van der Waals surface area contributed by atoms with Crippen LogP contribution in [0, 0.1) is 0 Å². The second-order valence-electron chi connectivity index (χ2n) is 3.29. The van der Waals surface area contributed by atoms with Crippen LogP contribution < -0.4 is 5.48 Å². The summed E-state index contributed by atoms with van der Waals surface area (Å²) >= 11 is 0. The molecule has 0 atom stereocenters. The van der Waals surface area contributed by atoms with Gasteiger partial charge in [0.1, 0.15) is 6.61 Å². The quantitative estimate of drug-likeness (QED) is 0.470. The van der Waals surface area contributed by atoms with Gasteiger partial charge in [0.25, 0.3) is 0 Å². The molecule has 0 saturated carbocycles. The van der Waals surface area contributed by atoms with Gasteiger partial charge >= 0.3 is 11.9 Å². The van der Waals surface area contributed by atoms with E-state index in [9.17, 15) is 9.59 Å². The number of nitrogens with one attached hydrogen (secondary N) is 1. The van der Waals surface area contributed by atoms with Gasteiger partial charge in [-0.1, -0.05) is 12.7 Å². The Morgan fingerprint density at radius 1 is 1.33 bits per heavy atom. The zero-order valence-electron chi connectivity index (χ0n) is 9.80. The molecule has 1 aromatic rings. The van der Waals surface area contributed by atoms with E-state index in [2.05, 4.69) is 11.3 Å². The van der Waals surface area contributed by atoms with Crippen molar-refractivity contribution in [1.29, 1.82) is 0 Å². The first-order valence-electron chi connectivity index (χ1n) is 5.04. The SMILES string of the molecule is C=CCOC(=O)c1cc(NO)cc(C(=O)OC)c1. The fourth-order valence-electron chi connectivity index (χ4n) is 1.26. The molecule has 0 aliphatic rings. The smallest absolute Gasteiger partial charge is 0.338 e. The average molecular weight is 251 g/mol. The number of esters is 2. The molecule has 1 aromatic carbocycles. The molecule has 0 radical (unpaired) electrons. The average Bonchev–Trinajstić information content (AvgIpc) is 2.43. The molecule has 6 heteroatoms. The van der Waals surface area contributed by atoms with Gasteiger partial charge in [0, 0.05) is 0 Å². The molecule has 0 aliphatic carbocycles. The lowest BCUT2D eigenvalue weighted by Crippen LogP contribution is -2.09. The van der Waals surface area contributed by atoms with Crippen LogP contribution in [0.3, 0.4) is 0 Å². The molecular weight excluding hydrogens is 238 g/mol. The summed E-state index contributed by atoms with van der Waals surface area (Å²) in [6.07, 6.45) is 1.42. The molecule has 0 amide bonds. The summed E-state index contributed by atoms with van der Waals surface area (Å²) in [7, 11) is 1.22. The third-order valence-electron chi connectivity index (χ3n) is 2.05. The number of hydrogen-bond acceptors (Lipinski definition) is 6. The summed E-state index contributed by atoms with van der Waals surface area (Å²) < 4.78 is 9.36. The van der Waals surface area contributed by atoms with Gasteiger partial charge in [-0.15, -0.1) is 0 Å². The molecule has 0 saturated heterocycles. The highest BCUT2D eigenvalue weighted by atomic mass is 16.5. The third-order valence-corrected chi connectivity index (χ3v) is 2.05. The van der Waals surface area contributed by atoms with Gasteiger partial charge in [0.15, 0.2) is 0 Å². The molecule has 0 aliphatic heterocycles. The molecule has 0 heterocycles. The van der Waals surface area contributed by atoms with Gasteiger partial charge in [0.05, 0.1) is 23.9 Å². The monoisotopic (exact) mass is 251 g/mol. The zero-order chi connectivity index (χ0) is 13.5. The van der Waals surface area contributed by atoms with Crippen LogP contribution in [0.5, 0.6) is 0 Å². The second-order valence-corrected chi connectivity index (χ2v) is 3.29. The number of carbonyl (C=O) groups excluding carboxylic acids is 2. The Bertz CT molecular complexity index is 470. The summed E-state index contributed by atoms with van der Waals surface area (Å²) in [6, 6.07) is 4.01. The number of anilines is 1. The Morgan fingerprint density at radius 2 is 1.94 bits per heavy atom. The van der Waals surface area contributed by atoms with Crippen molar-refractivity contribution in [1.82, 2.24) is 0 Å². The number of hydrogen-bond donors (Lipinski definition) is 2. The summed E-state index contributed by atoms with van der Waals surface area (Å²) in [4.78, 5) is 23.0. The van der Waals surface area contributed by atoms with E-state index in [4.69, 9.17) is 9.94 Å². The first-order valence-corrected chi connectivity index (χ1v) is 5.04. The van der Waals surface area contributed by atoms with Crippen molar-refractivity contribution in [2.45, 2.75) is 0 Å². The number of benzene rings is 1. The van der Waals surface area contributed by atoms with Gasteiger partial charge < -0.3 is 9.47 Å². The van der Waals surface area contributed by atoms with E-state index in [0.29, 0.717) is 0 Å². The highest BCUT2D eigenvalue weighted by Crippen LogP contribution is 2.16. The lowest BCUT2D eigenvalue weighted by atomic mass is 10.1. The van der Waals surface area contributed by atoms with Gasteiger partial charge in [-0.2, -0.15) is 0 Å². The Balaban J connectivity index is 3.07. The Kier molecular flexibility index (Phi) is 4.89. The summed E-state index contributed by atoms with van der Waals surface area (Å²) in [5, 5.41) is 8.83. The Morgan fingerprint density at radius 3 is 2.44 bits per heavy atom. The van der Waals surface area contributed by atoms with Crippen LogP contribution in [-0.2, 0) is 9.47 Å². The molecule has 18 heavy (non-hydrogen) atoms. The minimum Gasteiger partial charge on any atom is -0.465 e. The fourth-order valence-corrected chi connectivity index (χ4v) is 1.26. The molecule has 6 nitrogen and oxygen atoms in total. The molecule has 96 valence electrons. The van der Waals surface area contributed by atoms with Crippen LogP contribution in [-0.4, -0.2) is 30.9 Å². The third kappa shape index (κ3) is 3.33. The van der Waals surface area contributed by atoms with E-state index in [-0.39, 0.29) is 23.4 Å². The van der Waals surface area contributed by atoms with Crippen LogP contribution in [0.1, 0.15) is 20.7 Å². The molecule has 1 rings (SSSR count). The predicted octanol–water partition coefficient (Wildman–Crippen LogP) is 1.62. The highest BCUT2D eigenvalue weighted by Gasteiger charge is 2.14. The van der Waals surface area contributed by atoms with Crippen LogP contribution in [0.4, 0.5) is 5.69 Å². The molecule has 2 N–H and O–H groups in total. The topological polar surface area (TPSA) is 84.9 Å². The lowest BCUT2D eigenvalue weighted by Gasteiger charge is -2.07. The molecule has 0 fully saturated rings. The molecular formula is C12H13NO5. The number of rotatable bonds is 5. The van der Waals surface area contributed by atoms with E-state index in [1.807, 2.05) is 5.48 Å². The number of ether oxygens (including phenoxy) is 2. The van der Waals surface area contributed by atoms with Crippen LogP contribution in [0.25, 0.3) is 0 Å². The Labute approximate surface area is 104 Å². The van der Waals surface area contributed by atoms with Crippen molar-refractivity contribution in [2.24, 2.45) is 0 Å². The van der Waals surface area contributed by atoms with Gasteiger partial charge in [-0.05, 0) is 18.2 Å². The van der Waals surface area contributed by atoms with Gasteiger partial charge in [0.2, 0.25) is 0 Å². The van der Waals surface area contributed by atoms with Gasteiger partial charge in [-0.25, -0.2) is 9.59 Å². The van der Waals surface area contributed by atoms with Crippen LogP contribution >= 0.6 is 0 Å². The maximum atomic E-state index is 11.6. The van der Waals surface area contributed by atoms with E-state index < -0.39 is 11.9 Å². The first kappa shape index (κ1) is 13.7. The lowest BCUT2D eigenvalue weighted by molar-refractivity contribution is 0.0549. The van der Waals surface area contributed by atoms with Crippen molar-refractivity contribution < 1.29 is 24.3 Å². The van der Waals surface area contributed by atoms with Crippen molar-refractivity contribution in [3.63, 3.8) is 0 Å². The van der Waals surface area contributed by atoms with Crippen molar-refractivity contribution >= 4 is 17.6 Å². The first-order chi connectivity index (χ1) is 8.62. The predicted molar refractivity (Wildman–Crippen MR) is 63.7 cm³/mol. The fraction of sp³-hybridized carbons (Fsp3) is 0.167. The largest absolute Gasteiger partial charge is 0.465 e. The minimum atomic E-state index is -0.628. The summed E-state index contributed by atoms with van der Waals surface area (Å²) in [5.74, 6) is -1.25. The summed E-state index contributed by atoms with van der Waals surface area (Å²) in [6.45, 7) is 3.47. The zero-order valence-corrected chi connectivity index (χ0v) is 9.80. The summed E-state index contributed by atoms with van der Waals surface area (Å²) in [5.41, 5.74) is 2.29. The molecule has 0 unspecified atom stereocenters. The van der Waals surface area contributed by atoms with Crippen molar-refractivity contribution in [3.05, 3.63) is 42.0 Å². The molecule has 0 bridgehead atoms. The van der Waals surface area contributed by atoms with Crippen LogP contribution in [0.15, 0.2) is 30.9 Å². The number of methoxy groups -OCH3 is 1. The minimum absolute atomic E-state index is 0.0587.